The molecule has 0 bridgehead atoms. The second-order valence-corrected chi connectivity index (χ2v) is 12.5. The minimum Gasteiger partial charge on any atom is -0.342 e. The summed E-state index contributed by atoms with van der Waals surface area (Å²) in [5, 5.41) is 5.13. The molecule has 9 rings (SSSR count). The summed E-state index contributed by atoms with van der Waals surface area (Å²) in [4.78, 5) is 4.41. The molecule has 0 unspecified atom stereocenters. The summed E-state index contributed by atoms with van der Waals surface area (Å²) in [6.45, 7) is 10.6. The van der Waals surface area contributed by atoms with Crippen LogP contribution in [-0.4, -0.2) is 14.0 Å². The predicted molar refractivity (Wildman–Crippen MR) is 189 cm³/mol. The van der Waals surface area contributed by atoms with Gasteiger partial charge in [0.25, 0.3) is 0 Å². The van der Waals surface area contributed by atoms with Crippen LogP contribution in [0, 0.1) is 39.2 Å². The normalized spacial score (nSPS) is 11.5. The van der Waals surface area contributed by atoms with Gasteiger partial charge in [0.15, 0.2) is 0 Å². The van der Waals surface area contributed by atoms with E-state index in [1.54, 1.807) is 0 Å². The molecule has 4 nitrogen and oxygen atoms in total. The van der Waals surface area contributed by atoms with E-state index in [4.69, 9.17) is 0 Å². The van der Waals surface area contributed by atoms with Crippen molar-refractivity contribution in [1.82, 2.24) is 14.0 Å². The van der Waals surface area contributed by atoms with Crippen molar-refractivity contribution in [2.24, 2.45) is 0 Å². The number of aryl methyl sites for hydroxylation is 3. The van der Waals surface area contributed by atoms with Crippen molar-refractivity contribution < 1.29 is 24.7 Å². The maximum absolute atomic E-state index is 4.41. The van der Waals surface area contributed by atoms with Gasteiger partial charge in [-0.15, -0.1) is 46.8 Å². The number of hydrogen-bond donors (Lipinski definition) is 0. The molecule has 0 atom stereocenters. The first-order valence-corrected chi connectivity index (χ1v) is 15.8. The molecule has 0 saturated heterocycles. The van der Waals surface area contributed by atoms with Gasteiger partial charge in [0.1, 0.15) is 0 Å². The molecule has 0 amide bonds. The first kappa shape index (κ1) is 30.8. The van der Waals surface area contributed by atoms with Crippen molar-refractivity contribution in [3.8, 4) is 16.9 Å². The smallest absolute Gasteiger partial charge is 0.342 e. The minimum atomic E-state index is 0. The number of imidazole rings is 1. The molecular weight excluding hydrogens is 753 g/mol. The van der Waals surface area contributed by atoms with Crippen LogP contribution in [0.4, 0.5) is 0 Å². The van der Waals surface area contributed by atoms with Crippen LogP contribution in [0.5, 0.6) is 0 Å². The Kier molecular flexibility index (Phi) is 7.91. The molecule has 9 aromatic rings. The fraction of sp³-hybridized carbons (Fsp3) is 0.143. The summed E-state index contributed by atoms with van der Waals surface area (Å²) in [6, 6.07) is 43.6. The standard InChI is InChI=1S/C28H20N3.C14H14N.Ir/c1-18(2)29-17-30(26-13-6-5-12-25(26)29)19-14-15-21-23-10-7-9-22-20-8-3-4-11-24(20)31(28(22)23)27(21)16-19;1-10-4-6-13(7-5-10)14-8-11(2)12(3)9-15-14;/h3-13,15-16,18H,1-2H3;4-6,8-9H,1-3H3;/q2*-1;+3. The molecular formula is C42H34IrN4+. The van der Waals surface area contributed by atoms with Crippen LogP contribution < -0.4 is 4.57 Å². The van der Waals surface area contributed by atoms with E-state index in [1.165, 1.54) is 60.3 Å². The van der Waals surface area contributed by atoms with Gasteiger partial charge < -0.3 is 18.5 Å². The van der Waals surface area contributed by atoms with E-state index < -0.39 is 0 Å². The van der Waals surface area contributed by atoms with Crippen LogP contribution in [0.3, 0.4) is 0 Å². The molecule has 0 fully saturated rings. The number of benzene rings is 5. The number of aromatic nitrogens is 4. The number of pyridine rings is 1. The van der Waals surface area contributed by atoms with Crippen LogP contribution in [0.1, 0.15) is 36.6 Å². The van der Waals surface area contributed by atoms with Gasteiger partial charge in [0, 0.05) is 22.5 Å². The topological polar surface area (TPSA) is 26.1 Å². The van der Waals surface area contributed by atoms with Gasteiger partial charge in [-0.25, -0.2) is 0 Å². The average molecular weight is 787 g/mol. The molecule has 0 aliphatic heterocycles. The van der Waals surface area contributed by atoms with Gasteiger partial charge in [0.05, 0.1) is 22.6 Å². The van der Waals surface area contributed by atoms with Crippen LogP contribution in [-0.2, 0) is 20.1 Å². The predicted octanol–water partition coefficient (Wildman–Crippen LogP) is 9.72. The van der Waals surface area contributed by atoms with Crippen molar-refractivity contribution in [1.29, 1.82) is 0 Å². The third-order valence-corrected chi connectivity index (χ3v) is 9.10. The van der Waals surface area contributed by atoms with E-state index >= 15 is 0 Å². The summed E-state index contributed by atoms with van der Waals surface area (Å²) in [7, 11) is 0. The Hall–Kier alpha value is -4.83. The Morgan fingerprint density at radius 3 is 2.15 bits per heavy atom. The van der Waals surface area contributed by atoms with Crippen LogP contribution in [0.2, 0.25) is 0 Å². The minimum absolute atomic E-state index is 0. The van der Waals surface area contributed by atoms with Crippen LogP contribution >= 0.6 is 0 Å². The van der Waals surface area contributed by atoms with Gasteiger partial charge in [0.2, 0.25) is 6.33 Å². The third-order valence-electron chi connectivity index (χ3n) is 9.10. The molecule has 0 aliphatic carbocycles. The monoisotopic (exact) mass is 787 g/mol. The molecule has 0 aliphatic rings. The third kappa shape index (κ3) is 5.11. The van der Waals surface area contributed by atoms with E-state index in [0.717, 1.165) is 22.5 Å². The van der Waals surface area contributed by atoms with E-state index in [2.05, 4.69) is 169 Å². The van der Waals surface area contributed by atoms with Crippen molar-refractivity contribution in [2.75, 3.05) is 0 Å². The number of rotatable bonds is 3. The molecule has 47 heavy (non-hydrogen) atoms. The van der Waals surface area contributed by atoms with Crippen molar-refractivity contribution in [2.45, 2.75) is 40.7 Å². The SMILES string of the molecule is CC(C)[n+]1[c-]n(-c2[c-]cc3c4cccc5c6ccccc6n(c3c2)c54)c2ccccc21.Cc1c[c-]c(-c2cc(C)c(C)cn2)cc1.[Ir+3]. The fourth-order valence-corrected chi connectivity index (χ4v) is 6.57. The van der Waals surface area contributed by atoms with Gasteiger partial charge in [-0.1, -0.05) is 90.4 Å². The zero-order chi connectivity index (χ0) is 31.5. The molecule has 0 N–H and O–H groups in total. The summed E-state index contributed by atoms with van der Waals surface area (Å²) in [5.41, 5.74) is 12.9. The Morgan fingerprint density at radius 1 is 0.681 bits per heavy atom. The van der Waals surface area contributed by atoms with E-state index in [1.807, 2.05) is 12.3 Å². The quantitative estimate of drug-likeness (QED) is 0.130. The Bertz CT molecular complexity index is 2540. The molecule has 0 radical (unpaired) electrons. The zero-order valence-electron chi connectivity index (χ0n) is 27.1. The zero-order valence-corrected chi connectivity index (χ0v) is 29.5. The summed E-state index contributed by atoms with van der Waals surface area (Å²) in [6.07, 6.45) is 5.48. The van der Waals surface area contributed by atoms with Gasteiger partial charge in [-0.2, -0.15) is 12.1 Å². The summed E-state index contributed by atoms with van der Waals surface area (Å²) in [5.74, 6) is 0. The number of fused-ring (bicyclic) bond motifs is 7. The first-order chi connectivity index (χ1) is 22.4. The molecule has 0 saturated carbocycles. The largest absolute Gasteiger partial charge is 3.00 e. The van der Waals surface area contributed by atoms with Crippen LogP contribution in [0.15, 0.2) is 109 Å². The molecule has 5 aromatic carbocycles. The number of hydrogen-bond acceptors (Lipinski definition) is 1. The van der Waals surface area contributed by atoms with Crippen molar-refractivity contribution in [3.63, 3.8) is 0 Å². The van der Waals surface area contributed by atoms with Crippen molar-refractivity contribution in [3.05, 3.63) is 144 Å². The molecule has 4 aromatic heterocycles. The molecule has 4 heterocycles. The Morgan fingerprint density at radius 2 is 1.40 bits per heavy atom. The maximum Gasteiger partial charge on any atom is 3.00 e. The second kappa shape index (κ2) is 12.1. The number of nitrogens with zero attached hydrogens (tertiary/aromatic N) is 4. The van der Waals surface area contributed by atoms with Crippen molar-refractivity contribution >= 4 is 49.1 Å². The fourth-order valence-electron chi connectivity index (χ4n) is 6.57. The summed E-state index contributed by atoms with van der Waals surface area (Å²) >= 11 is 0. The Balaban J connectivity index is 0.000000186. The average Bonchev–Trinajstić information content (AvgIpc) is 3.74. The van der Waals surface area contributed by atoms with E-state index in [0.29, 0.717) is 6.04 Å². The second-order valence-electron chi connectivity index (χ2n) is 12.5. The Labute approximate surface area is 288 Å². The van der Waals surface area contributed by atoms with Crippen LogP contribution in [0.25, 0.3) is 66.1 Å². The van der Waals surface area contributed by atoms with Gasteiger partial charge >= 0.3 is 20.1 Å². The van der Waals surface area contributed by atoms with Gasteiger partial charge in [-0.3, -0.25) is 0 Å². The first-order valence-electron chi connectivity index (χ1n) is 15.8. The molecule has 230 valence electrons. The maximum atomic E-state index is 4.41. The van der Waals surface area contributed by atoms with E-state index in [9.17, 15) is 0 Å². The molecule has 5 heteroatoms. The number of para-hydroxylation sites is 4. The van der Waals surface area contributed by atoms with Gasteiger partial charge in [-0.05, 0) is 50.4 Å². The van der Waals surface area contributed by atoms with E-state index in [-0.39, 0.29) is 20.1 Å². The molecule has 0 spiro atoms. The summed E-state index contributed by atoms with van der Waals surface area (Å²) < 4.78 is 6.75.